The monoisotopic (exact) mass is 411 g/mol. The van der Waals surface area contributed by atoms with E-state index in [1.807, 2.05) is 38.2 Å². The lowest BCUT2D eigenvalue weighted by molar-refractivity contribution is 0.0950. The molecular formula is C24H33N3O3. The average molecular weight is 412 g/mol. The lowest BCUT2D eigenvalue weighted by atomic mass is 10.0. The van der Waals surface area contributed by atoms with Gasteiger partial charge in [0.25, 0.3) is 5.91 Å². The summed E-state index contributed by atoms with van der Waals surface area (Å²) >= 11 is 0. The molecule has 6 heteroatoms. The van der Waals surface area contributed by atoms with E-state index >= 15 is 0 Å². The van der Waals surface area contributed by atoms with Crippen molar-refractivity contribution in [1.29, 1.82) is 0 Å². The second-order valence-corrected chi connectivity index (χ2v) is 7.88. The van der Waals surface area contributed by atoms with E-state index in [0.717, 1.165) is 31.6 Å². The maximum Gasteiger partial charge on any atom is 0.255 e. The van der Waals surface area contributed by atoms with E-state index in [1.54, 1.807) is 7.11 Å². The molecular weight excluding hydrogens is 378 g/mol. The number of hydrogen-bond acceptors (Lipinski definition) is 5. The Labute approximate surface area is 179 Å². The number of aliphatic hydroxyl groups is 1. The first kappa shape index (κ1) is 22.1. The third-order valence-corrected chi connectivity index (χ3v) is 5.67. The van der Waals surface area contributed by atoms with E-state index in [9.17, 15) is 9.90 Å². The molecule has 2 aromatic rings. The van der Waals surface area contributed by atoms with E-state index in [-0.39, 0.29) is 18.1 Å². The lowest BCUT2D eigenvalue weighted by Crippen LogP contribution is -2.36. The summed E-state index contributed by atoms with van der Waals surface area (Å²) in [5.41, 5.74) is 2.77. The highest BCUT2D eigenvalue weighted by molar-refractivity contribution is 5.97. The molecule has 0 spiro atoms. The fourth-order valence-electron chi connectivity index (χ4n) is 3.96. The molecule has 0 radical (unpaired) electrons. The number of nitrogens with one attached hydrogen (secondary N) is 1. The number of carbonyl (C=O) groups is 1. The van der Waals surface area contributed by atoms with Crippen LogP contribution in [0.2, 0.25) is 0 Å². The second-order valence-electron chi connectivity index (χ2n) is 7.88. The zero-order chi connectivity index (χ0) is 21.5. The Bertz CT molecular complexity index is 828. The molecule has 1 amide bonds. The van der Waals surface area contributed by atoms with Crippen molar-refractivity contribution >= 4 is 11.6 Å². The van der Waals surface area contributed by atoms with Crippen molar-refractivity contribution < 1.29 is 14.6 Å². The van der Waals surface area contributed by atoms with Gasteiger partial charge in [-0.25, -0.2) is 0 Å². The summed E-state index contributed by atoms with van der Waals surface area (Å²) < 4.78 is 5.51. The van der Waals surface area contributed by atoms with Crippen LogP contribution >= 0.6 is 0 Å². The molecule has 0 saturated carbocycles. The summed E-state index contributed by atoms with van der Waals surface area (Å²) in [5, 5.41) is 13.0. The molecule has 1 saturated heterocycles. The Hall–Kier alpha value is -2.57. The third-order valence-electron chi connectivity index (χ3n) is 5.67. The standard InChI is InChI=1S/C24H33N3O3/c1-4-13-25-24(29)21-11-10-19(15-23(21)30-3)26(2)17-22(18-8-6-5-7-9-18)27-14-12-20(28)16-27/h5-11,15,20,22,28H,4,12-14,16-17H2,1-3H3,(H,25,29)/t20-,22-/m0/s1. The first-order valence-electron chi connectivity index (χ1n) is 10.7. The highest BCUT2D eigenvalue weighted by Crippen LogP contribution is 2.30. The Morgan fingerprint density at radius 3 is 2.70 bits per heavy atom. The first-order chi connectivity index (χ1) is 14.5. The number of hydrogen-bond donors (Lipinski definition) is 2. The van der Waals surface area contributed by atoms with Crippen molar-refractivity contribution in [3.63, 3.8) is 0 Å². The molecule has 1 aliphatic rings. The minimum atomic E-state index is -0.262. The van der Waals surface area contributed by atoms with Crippen LogP contribution < -0.4 is 15.0 Å². The molecule has 1 heterocycles. The largest absolute Gasteiger partial charge is 0.496 e. The number of aliphatic hydroxyl groups excluding tert-OH is 1. The Morgan fingerprint density at radius 1 is 1.30 bits per heavy atom. The summed E-state index contributed by atoms with van der Waals surface area (Å²) in [6.45, 7) is 5.01. The van der Waals surface area contributed by atoms with Gasteiger partial charge in [0.2, 0.25) is 0 Å². The van der Waals surface area contributed by atoms with E-state index < -0.39 is 0 Å². The van der Waals surface area contributed by atoms with Crippen molar-refractivity contribution in [1.82, 2.24) is 10.2 Å². The van der Waals surface area contributed by atoms with Gasteiger partial charge in [0.05, 0.1) is 24.8 Å². The minimum Gasteiger partial charge on any atom is -0.496 e. The topological polar surface area (TPSA) is 65.0 Å². The van der Waals surface area contributed by atoms with Gasteiger partial charge < -0.3 is 20.1 Å². The van der Waals surface area contributed by atoms with Gasteiger partial charge in [0, 0.05) is 45.0 Å². The Kier molecular flexibility index (Phi) is 7.71. The van der Waals surface area contributed by atoms with Gasteiger partial charge in [-0.1, -0.05) is 37.3 Å². The van der Waals surface area contributed by atoms with Crippen molar-refractivity contribution in [3.05, 3.63) is 59.7 Å². The quantitative estimate of drug-likeness (QED) is 0.664. The zero-order valence-electron chi connectivity index (χ0n) is 18.2. The smallest absolute Gasteiger partial charge is 0.255 e. The van der Waals surface area contributed by atoms with Crippen LogP contribution in [0.25, 0.3) is 0 Å². The molecule has 0 bridgehead atoms. The molecule has 2 N–H and O–H groups in total. The van der Waals surface area contributed by atoms with Crippen LogP contribution in [0.5, 0.6) is 5.75 Å². The van der Waals surface area contributed by atoms with Crippen molar-refractivity contribution in [2.75, 3.05) is 45.2 Å². The number of methoxy groups -OCH3 is 1. The zero-order valence-corrected chi connectivity index (χ0v) is 18.2. The summed E-state index contributed by atoms with van der Waals surface area (Å²) in [6.07, 6.45) is 1.44. The maximum atomic E-state index is 12.4. The fourth-order valence-corrected chi connectivity index (χ4v) is 3.96. The molecule has 162 valence electrons. The molecule has 1 aliphatic heterocycles. The van der Waals surface area contributed by atoms with Crippen LogP contribution in [-0.4, -0.2) is 62.4 Å². The first-order valence-corrected chi connectivity index (χ1v) is 10.7. The highest BCUT2D eigenvalue weighted by Gasteiger charge is 2.29. The number of rotatable bonds is 9. The fraction of sp³-hybridized carbons (Fsp3) is 0.458. The molecule has 0 aromatic heterocycles. The highest BCUT2D eigenvalue weighted by atomic mass is 16.5. The number of benzene rings is 2. The number of carbonyl (C=O) groups excluding carboxylic acids is 1. The Balaban J connectivity index is 1.80. The van der Waals surface area contributed by atoms with Crippen molar-refractivity contribution in [2.45, 2.75) is 31.9 Å². The molecule has 0 unspecified atom stereocenters. The summed E-state index contributed by atoms with van der Waals surface area (Å²) in [6, 6.07) is 16.3. The van der Waals surface area contributed by atoms with E-state index in [4.69, 9.17) is 4.74 Å². The number of ether oxygens (including phenoxy) is 1. The normalized spacial score (nSPS) is 17.5. The van der Waals surface area contributed by atoms with Crippen LogP contribution in [0.15, 0.2) is 48.5 Å². The summed E-state index contributed by atoms with van der Waals surface area (Å²) in [7, 11) is 3.64. The number of β-amino-alcohol motifs (C(OH)–C–C–N with tert-alkyl or cyclic N) is 1. The van der Waals surface area contributed by atoms with Crippen LogP contribution in [0.1, 0.15) is 41.7 Å². The predicted octanol–water partition coefficient (Wildman–Crippen LogP) is 3.08. The lowest BCUT2D eigenvalue weighted by Gasteiger charge is -2.33. The Morgan fingerprint density at radius 2 is 2.07 bits per heavy atom. The summed E-state index contributed by atoms with van der Waals surface area (Å²) in [4.78, 5) is 16.9. The molecule has 3 rings (SSSR count). The van der Waals surface area contributed by atoms with Gasteiger partial charge in [-0.15, -0.1) is 0 Å². The number of likely N-dealkylation sites (tertiary alicyclic amines) is 1. The number of amides is 1. The molecule has 6 nitrogen and oxygen atoms in total. The number of likely N-dealkylation sites (N-methyl/N-ethyl adjacent to an activating group) is 1. The van der Waals surface area contributed by atoms with Gasteiger partial charge in [0.15, 0.2) is 0 Å². The summed E-state index contributed by atoms with van der Waals surface area (Å²) in [5.74, 6) is 0.455. The van der Waals surface area contributed by atoms with E-state index in [0.29, 0.717) is 24.4 Å². The molecule has 2 aromatic carbocycles. The van der Waals surface area contributed by atoms with Gasteiger partial charge in [-0.05, 0) is 30.5 Å². The van der Waals surface area contributed by atoms with E-state index in [2.05, 4.69) is 39.4 Å². The second kappa shape index (κ2) is 10.5. The maximum absolute atomic E-state index is 12.4. The van der Waals surface area contributed by atoms with Crippen molar-refractivity contribution in [3.8, 4) is 5.75 Å². The van der Waals surface area contributed by atoms with E-state index in [1.165, 1.54) is 5.56 Å². The van der Waals surface area contributed by atoms with Crippen LogP contribution in [-0.2, 0) is 0 Å². The average Bonchev–Trinajstić information content (AvgIpc) is 3.21. The van der Waals surface area contributed by atoms with Crippen LogP contribution in [0, 0.1) is 0 Å². The molecule has 1 fully saturated rings. The molecule has 2 atom stereocenters. The molecule has 0 aliphatic carbocycles. The van der Waals surface area contributed by atoms with Crippen LogP contribution in [0.3, 0.4) is 0 Å². The van der Waals surface area contributed by atoms with Crippen molar-refractivity contribution in [2.24, 2.45) is 0 Å². The van der Waals surface area contributed by atoms with Gasteiger partial charge in [-0.3, -0.25) is 9.69 Å². The number of nitrogens with zero attached hydrogens (tertiary/aromatic N) is 2. The number of anilines is 1. The van der Waals surface area contributed by atoms with Gasteiger partial charge >= 0.3 is 0 Å². The SMILES string of the molecule is CCCNC(=O)c1ccc(N(C)C[C@@H](c2ccccc2)N2CC[C@H](O)C2)cc1OC. The predicted molar refractivity (Wildman–Crippen MR) is 120 cm³/mol. The minimum absolute atomic E-state index is 0.115. The molecule has 30 heavy (non-hydrogen) atoms. The van der Waals surface area contributed by atoms with Gasteiger partial charge in [-0.2, -0.15) is 0 Å². The third kappa shape index (κ3) is 5.32. The van der Waals surface area contributed by atoms with Gasteiger partial charge in [0.1, 0.15) is 5.75 Å². The van der Waals surface area contributed by atoms with Crippen LogP contribution in [0.4, 0.5) is 5.69 Å².